The van der Waals surface area contributed by atoms with Crippen LogP contribution in [0.2, 0.25) is 0 Å². The topological polar surface area (TPSA) is 240 Å². The van der Waals surface area contributed by atoms with Crippen LogP contribution in [0.3, 0.4) is 0 Å². The molecule has 20 nitrogen and oxygen atoms in total. The van der Waals surface area contributed by atoms with Crippen molar-refractivity contribution in [2.75, 3.05) is 68.5 Å². The number of nitrogens with zero attached hydrogens (tertiary/aromatic N) is 9. The predicted molar refractivity (Wildman–Crippen MR) is 298 cm³/mol. The van der Waals surface area contributed by atoms with E-state index >= 15 is 0 Å². The second kappa shape index (κ2) is 23.8. The van der Waals surface area contributed by atoms with Crippen LogP contribution in [-0.4, -0.2) is 153 Å². The third-order valence-corrected chi connectivity index (χ3v) is 17.2. The third-order valence-electron chi connectivity index (χ3n) is 16.3. The maximum Gasteiger partial charge on any atom is 0.254 e. The number of carbonyl (C=O) groups is 2. The van der Waals surface area contributed by atoms with Gasteiger partial charge in [0.25, 0.3) is 5.88 Å². The number of nitrogens with one attached hydrogen (secondary N) is 1. The number of nitrogen functional groups attached to an aromatic ring is 1. The molecule has 2 unspecified atom stereocenters. The number of amides is 2. The third kappa shape index (κ3) is 12.0. The van der Waals surface area contributed by atoms with E-state index in [2.05, 4.69) is 57.5 Å². The van der Waals surface area contributed by atoms with Gasteiger partial charge in [0.05, 0.1) is 58.4 Å². The van der Waals surface area contributed by atoms with Crippen LogP contribution in [0.25, 0.3) is 21.7 Å². The van der Waals surface area contributed by atoms with E-state index in [1.807, 2.05) is 69.4 Å². The number of benzene rings is 2. The molecule has 6 atom stereocenters. The summed E-state index contributed by atoms with van der Waals surface area (Å²) < 4.78 is 30.1. The lowest BCUT2D eigenvalue weighted by Crippen LogP contribution is -2.54. The van der Waals surface area contributed by atoms with Gasteiger partial charge in [-0.2, -0.15) is 0 Å². The second-order valence-corrected chi connectivity index (χ2v) is 22.9. The summed E-state index contributed by atoms with van der Waals surface area (Å²) >= 11 is 1.55. The fourth-order valence-corrected chi connectivity index (χ4v) is 12.9. The maximum atomic E-state index is 14.3. The highest BCUT2D eigenvalue weighted by atomic mass is 32.1. The number of fused-ring (bicyclic) bond motifs is 2. The molecule has 8 heterocycles. The van der Waals surface area contributed by atoms with Gasteiger partial charge in [-0.3, -0.25) is 14.5 Å². The Kier molecular flexibility index (Phi) is 16.3. The number of nitrogens with two attached hydrogens (primary N) is 1. The second-order valence-electron chi connectivity index (χ2n) is 22.0. The first-order valence-corrected chi connectivity index (χ1v) is 28.6. The SMILES string of the molecule is COCc1ncsc1-c1ccc([C@H](C)NC(=O)[C@@H]2C[C@@H](O)CN2C(=O)[C@H](c2cc(OCCN3CCC(OC4CC(Oc5cc(N6C7CCC6CN(c6cc(-c8ccccc8O)nnc6N)C7)ccn5)C4)CC3)no2)C(C)C)cc1. The minimum Gasteiger partial charge on any atom is -0.507 e. The van der Waals surface area contributed by atoms with Crippen molar-refractivity contribution < 1.29 is 43.3 Å². The molecule has 0 spiro atoms. The van der Waals surface area contributed by atoms with Crippen molar-refractivity contribution in [2.45, 2.75) is 127 Å². The Bertz CT molecular complexity index is 3040. The van der Waals surface area contributed by atoms with Crippen LogP contribution in [0.5, 0.6) is 17.5 Å². The summed E-state index contributed by atoms with van der Waals surface area (Å²) in [5.74, 6) is 0.285. The molecule has 5 fully saturated rings. The van der Waals surface area contributed by atoms with Gasteiger partial charge in [-0.25, -0.2) is 9.97 Å². The first-order chi connectivity index (χ1) is 38.3. The number of piperazine rings is 1. The minimum atomic E-state index is -0.844. The fourth-order valence-electron chi connectivity index (χ4n) is 12.1. The molecule has 0 radical (unpaired) electrons. The van der Waals surface area contributed by atoms with E-state index in [1.54, 1.807) is 42.2 Å². The molecule has 2 amide bonds. The number of thiazole rings is 1. The molecule has 418 valence electrons. The zero-order valence-corrected chi connectivity index (χ0v) is 46.0. The Morgan fingerprint density at radius 1 is 0.886 bits per heavy atom. The van der Waals surface area contributed by atoms with Gasteiger partial charge in [0.2, 0.25) is 17.7 Å². The van der Waals surface area contributed by atoms with E-state index < -0.39 is 18.1 Å². The number of aromatic nitrogens is 5. The normalized spacial score (nSPS) is 23.2. The Morgan fingerprint density at radius 3 is 2.41 bits per heavy atom. The number of methoxy groups -OCH3 is 1. The number of rotatable bonds is 20. The number of phenolic OH excluding ortho intramolecular Hbond substituents is 1. The van der Waals surface area contributed by atoms with Crippen LogP contribution in [-0.2, 0) is 25.7 Å². The number of hydrogen-bond acceptors (Lipinski definition) is 19. The van der Waals surface area contributed by atoms with E-state index in [0.29, 0.717) is 54.4 Å². The first kappa shape index (κ1) is 54.1. The number of aliphatic hydroxyl groups is 1. The summed E-state index contributed by atoms with van der Waals surface area (Å²) in [7, 11) is 1.65. The van der Waals surface area contributed by atoms with Crippen molar-refractivity contribution in [1.82, 2.24) is 40.4 Å². The van der Waals surface area contributed by atoms with Gasteiger partial charge in [0, 0.05) is 107 Å². The standard InChI is InChI=1S/C58H71N11O9S/c1-34(2)54(58(73)68-31-41(70)24-49(68)57(72)62-35(3)36-9-11-37(12-10-36)55-47(32-74-4)61-33-79-55)51-28-53(65-78-51)75-22-21-66-19-16-42(17-20-66)76-43-25-44(26-43)77-52-23-38(15-18-60-52)69-39-13-14-40(69)30-67(29-39)48-27-46(63-64-56(48)59)45-7-5-6-8-50(45)71/h5-12,15,18,23,27-28,33-35,39-44,49,54,70-71H,13-14,16-17,19-22,24-26,29-32H2,1-4H3,(H2,59,64)(H,62,72)/t35-,39?,40?,41+,43?,44?,49-,54-/m0/s1. The number of phenols is 1. The van der Waals surface area contributed by atoms with Crippen LogP contribution >= 0.6 is 11.3 Å². The summed E-state index contributed by atoms with van der Waals surface area (Å²) in [4.78, 5) is 46.8. The van der Waals surface area contributed by atoms with E-state index in [-0.39, 0.29) is 72.9 Å². The largest absolute Gasteiger partial charge is 0.507 e. The molecule has 1 saturated carbocycles. The number of piperidine rings is 1. The van der Waals surface area contributed by atoms with E-state index in [9.17, 15) is 19.8 Å². The highest BCUT2D eigenvalue weighted by Crippen LogP contribution is 2.41. The van der Waals surface area contributed by atoms with Crippen molar-refractivity contribution in [1.29, 1.82) is 0 Å². The summed E-state index contributed by atoms with van der Waals surface area (Å²) in [5, 5.41) is 37.0. The number of aliphatic hydroxyl groups excluding tert-OH is 1. The lowest BCUT2D eigenvalue weighted by Gasteiger charge is -2.43. The highest BCUT2D eigenvalue weighted by molar-refractivity contribution is 7.13. The lowest BCUT2D eigenvalue weighted by atomic mass is 9.91. The van der Waals surface area contributed by atoms with E-state index in [0.717, 1.165) is 97.8 Å². The van der Waals surface area contributed by atoms with Gasteiger partial charge in [0.1, 0.15) is 30.4 Å². The average molecular weight is 1100 g/mol. The quantitative estimate of drug-likeness (QED) is 0.0602. The monoisotopic (exact) mass is 1100 g/mol. The molecule has 2 aromatic carbocycles. The summed E-state index contributed by atoms with van der Waals surface area (Å²) in [6.45, 7) is 10.7. The number of likely N-dealkylation sites (tertiary alicyclic amines) is 2. The predicted octanol–water partition coefficient (Wildman–Crippen LogP) is 6.99. The molecule has 2 bridgehead atoms. The molecular weight excluding hydrogens is 1030 g/mol. The molecule has 5 aliphatic rings. The Hall–Kier alpha value is -6.91. The van der Waals surface area contributed by atoms with Crippen LogP contribution in [0.1, 0.15) is 94.7 Å². The fraction of sp³-hybridized carbons (Fsp3) is 0.500. The summed E-state index contributed by atoms with van der Waals surface area (Å²) in [6, 6.07) is 22.2. The molecule has 4 saturated heterocycles. The Balaban J connectivity index is 0.600. The van der Waals surface area contributed by atoms with Crippen molar-refractivity contribution in [3.8, 4) is 39.2 Å². The van der Waals surface area contributed by atoms with E-state index in [1.165, 1.54) is 4.90 Å². The van der Waals surface area contributed by atoms with Gasteiger partial charge in [-0.05, 0) is 79.1 Å². The molecular formula is C58H71N11O9S. The molecule has 5 N–H and O–H groups in total. The average Bonchev–Trinajstić information content (AvgIpc) is 4.33. The zero-order chi connectivity index (χ0) is 54.7. The van der Waals surface area contributed by atoms with Crippen molar-refractivity contribution in [3.63, 3.8) is 0 Å². The molecule has 21 heteroatoms. The van der Waals surface area contributed by atoms with Crippen molar-refractivity contribution in [2.24, 2.45) is 5.92 Å². The maximum absolute atomic E-state index is 14.3. The van der Waals surface area contributed by atoms with Gasteiger partial charge in [-0.1, -0.05) is 50.2 Å². The van der Waals surface area contributed by atoms with Crippen molar-refractivity contribution in [3.05, 3.63) is 102 Å². The molecule has 1 aliphatic carbocycles. The Morgan fingerprint density at radius 2 is 1.66 bits per heavy atom. The van der Waals surface area contributed by atoms with Crippen LogP contribution < -0.4 is 30.3 Å². The van der Waals surface area contributed by atoms with Crippen LogP contribution in [0.15, 0.2) is 89.0 Å². The molecule has 6 aromatic rings. The highest BCUT2D eigenvalue weighted by Gasteiger charge is 2.45. The minimum absolute atomic E-state index is 0.0434. The van der Waals surface area contributed by atoms with Gasteiger partial charge >= 0.3 is 0 Å². The Labute approximate surface area is 464 Å². The molecule has 11 rings (SSSR count). The molecule has 79 heavy (non-hydrogen) atoms. The zero-order valence-electron chi connectivity index (χ0n) is 45.2. The number of aromatic hydroxyl groups is 1. The number of para-hydroxylation sites is 1. The van der Waals surface area contributed by atoms with Gasteiger partial charge in [-0.15, -0.1) is 21.5 Å². The molecule has 4 aromatic heterocycles. The van der Waals surface area contributed by atoms with E-state index in [4.69, 9.17) is 29.2 Å². The van der Waals surface area contributed by atoms with Crippen LogP contribution in [0, 0.1) is 5.92 Å². The lowest BCUT2D eigenvalue weighted by molar-refractivity contribution is -0.141. The summed E-state index contributed by atoms with van der Waals surface area (Å²) in [5.41, 5.74) is 14.2. The first-order valence-electron chi connectivity index (χ1n) is 27.7. The van der Waals surface area contributed by atoms with Gasteiger partial charge in [0.15, 0.2) is 11.6 Å². The van der Waals surface area contributed by atoms with Gasteiger partial charge < -0.3 is 59.4 Å². The van der Waals surface area contributed by atoms with Crippen molar-refractivity contribution >= 4 is 40.3 Å². The molecule has 4 aliphatic heterocycles. The summed E-state index contributed by atoms with van der Waals surface area (Å²) in [6.07, 6.45) is 7.18. The van der Waals surface area contributed by atoms with Crippen LogP contribution in [0.4, 0.5) is 17.2 Å². The number of ether oxygens (including phenoxy) is 4. The number of β-amino-alcohol motifs (C(OH)–C–C–N with tert-alkyl or cyclic N) is 1. The number of anilines is 3. The number of carbonyl (C=O) groups excluding carboxylic acids is 2. The number of hydrogen-bond donors (Lipinski definition) is 4. The smallest absolute Gasteiger partial charge is 0.254 e. The number of pyridine rings is 1.